The lowest BCUT2D eigenvalue weighted by atomic mass is 10.2. The number of rotatable bonds is 3. The molecule has 1 aromatic heterocycles. The summed E-state index contributed by atoms with van der Waals surface area (Å²) in [6, 6.07) is 9.43. The smallest absolute Gasteiger partial charge is 0.267 e. The molecule has 1 heterocycles. The molecule has 0 amide bonds. The van der Waals surface area contributed by atoms with E-state index >= 15 is 0 Å². The first-order valence-corrected chi connectivity index (χ1v) is 5.86. The van der Waals surface area contributed by atoms with Crippen molar-refractivity contribution in [2.45, 2.75) is 26.9 Å². The highest BCUT2D eigenvalue weighted by Gasteiger charge is 2.09. The predicted octanol–water partition coefficient (Wildman–Crippen LogP) is 0.782. The van der Waals surface area contributed by atoms with Gasteiger partial charge in [-0.25, -0.2) is 9.48 Å². The monoisotopic (exact) mass is 245 g/mol. The Labute approximate surface area is 104 Å². The first-order chi connectivity index (χ1) is 8.63. The van der Waals surface area contributed by atoms with Crippen molar-refractivity contribution in [3.63, 3.8) is 0 Å². The van der Waals surface area contributed by atoms with Crippen LogP contribution >= 0.6 is 0 Å². The molecule has 0 N–H and O–H groups in total. The van der Waals surface area contributed by atoms with Gasteiger partial charge in [0.15, 0.2) is 0 Å². The molecule has 1 aromatic carbocycles. The fourth-order valence-electron chi connectivity index (χ4n) is 1.80. The number of aryl methyl sites for hydroxylation is 2. The van der Waals surface area contributed by atoms with Crippen molar-refractivity contribution in [3.8, 4) is 0 Å². The lowest BCUT2D eigenvalue weighted by Crippen LogP contribution is -2.42. The van der Waals surface area contributed by atoms with Gasteiger partial charge in [0.25, 0.3) is 5.56 Å². The van der Waals surface area contributed by atoms with E-state index < -0.39 is 0 Å². The summed E-state index contributed by atoms with van der Waals surface area (Å²) in [5.74, 6) is 0. The van der Waals surface area contributed by atoms with Crippen LogP contribution in [0.3, 0.4) is 0 Å². The van der Waals surface area contributed by atoms with E-state index in [1.54, 1.807) is 6.92 Å². The second kappa shape index (κ2) is 5.00. The number of aromatic nitrogens is 3. The normalized spacial score (nSPS) is 10.6. The molecule has 0 aliphatic heterocycles. The van der Waals surface area contributed by atoms with Gasteiger partial charge in [-0.2, -0.15) is 5.10 Å². The molecule has 18 heavy (non-hydrogen) atoms. The highest BCUT2D eigenvalue weighted by Crippen LogP contribution is 1.98. The van der Waals surface area contributed by atoms with Crippen molar-refractivity contribution in [2.75, 3.05) is 0 Å². The highest BCUT2D eigenvalue weighted by atomic mass is 16.2. The largest absolute Gasteiger partial charge is 0.347 e. The van der Waals surface area contributed by atoms with Crippen LogP contribution < -0.4 is 11.2 Å². The van der Waals surface area contributed by atoms with Gasteiger partial charge in [0, 0.05) is 6.54 Å². The zero-order valence-corrected chi connectivity index (χ0v) is 10.5. The van der Waals surface area contributed by atoms with Gasteiger partial charge in [0.05, 0.1) is 6.54 Å². The summed E-state index contributed by atoms with van der Waals surface area (Å²) in [4.78, 5) is 24.0. The van der Waals surface area contributed by atoms with Crippen LogP contribution in [0, 0.1) is 6.92 Å². The Bertz CT molecular complexity index is 656. The van der Waals surface area contributed by atoms with Gasteiger partial charge in [-0.3, -0.25) is 9.36 Å². The summed E-state index contributed by atoms with van der Waals surface area (Å²) >= 11 is 0. The molecule has 0 radical (unpaired) electrons. The number of nitrogens with zero attached hydrogens (tertiary/aromatic N) is 3. The van der Waals surface area contributed by atoms with Crippen molar-refractivity contribution in [3.05, 3.63) is 62.4 Å². The van der Waals surface area contributed by atoms with Gasteiger partial charge < -0.3 is 0 Å². The molecule has 0 aliphatic carbocycles. The standard InChI is InChI=1S/C13H15N3O2/c1-3-16-13(18)15(12(17)10(2)14-16)9-11-7-5-4-6-8-11/h4-8H,3,9H2,1-2H3. The molecule has 5 heteroatoms. The van der Waals surface area contributed by atoms with Crippen LogP contribution in [-0.4, -0.2) is 14.3 Å². The Hall–Kier alpha value is -2.17. The minimum absolute atomic E-state index is 0.280. The summed E-state index contributed by atoms with van der Waals surface area (Å²) in [7, 11) is 0. The Morgan fingerprint density at radius 1 is 1.17 bits per heavy atom. The van der Waals surface area contributed by atoms with E-state index in [9.17, 15) is 9.59 Å². The lowest BCUT2D eigenvalue weighted by molar-refractivity contribution is 0.518. The van der Waals surface area contributed by atoms with Crippen molar-refractivity contribution in [2.24, 2.45) is 0 Å². The molecular weight excluding hydrogens is 230 g/mol. The molecule has 94 valence electrons. The van der Waals surface area contributed by atoms with Crippen LogP contribution in [-0.2, 0) is 13.1 Å². The molecule has 0 bridgehead atoms. The van der Waals surface area contributed by atoms with Crippen LogP contribution in [0.2, 0.25) is 0 Å². The Kier molecular flexibility index (Phi) is 3.41. The predicted molar refractivity (Wildman–Crippen MR) is 68.7 cm³/mol. The van der Waals surface area contributed by atoms with Crippen LogP contribution in [0.5, 0.6) is 0 Å². The Morgan fingerprint density at radius 3 is 2.44 bits per heavy atom. The van der Waals surface area contributed by atoms with E-state index in [0.29, 0.717) is 12.2 Å². The van der Waals surface area contributed by atoms with Crippen molar-refractivity contribution in [1.82, 2.24) is 14.3 Å². The summed E-state index contributed by atoms with van der Waals surface area (Å²) in [6.45, 7) is 4.18. The molecule has 2 aromatic rings. The van der Waals surface area contributed by atoms with Gasteiger partial charge >= 0.3 is 5.69 Å². The SMILES string of the molecule is CCn1nc(C)c(=O)n(Cc2ccccc2)c1=O. The summed E-state index contributed by atoms with van der Waals surface area (Å²) in [5.41, 5.74) is 0.572. The van der Waals surface area contributed by atoms with Crippen molar-refractivity contribution >= 4 is 0 Å². The molecule has 0 saturated carbocycles. The fourth-order valence-corrected chi connectivity index (χ4v) is 1.80. The fraction of sp³-hybridized carbons (Fsp3) is 0.308. The van der Waals surface area contributed by atoms with Crippen LogP contribution in [0.15, 0.2) is 39.9 Å². The van der Waals surface area contributed by atoms with E-state index in [2.05, 4.69) is 5.10 Å². The zero-order valence-electron chi connectivity index (χ0n) is 10.5. The van der Waals surface area contributed by atoms with E-state index in [1.807, 2.05) is 37.3 Å². The Morgan fingerprint density at radius 2 is 1.83 bits per heavy atom. The molecule has 0 aliphatic rings. The average molecular weight is 245 g/mol. The molecule has 0 saturated heterocycles. The van der Waals surface area contributed by atoms with Crippen LogP contribution in [0.25, 0.3) is 0 Å². The summed E-state index contributed by atoms with van der Waals surface area (Å²) in [5, 5.41) is 3.96. The summed E-state index contributed by atoms with van der Waals surface area (Å²) < 4.78 is 2.53. The molecule has 5 nitrogen and oxygen atoms in total. The average Bonchev–Trinajstić information content (AvgIpc) is 2.40. The van der Waals surface area contributed by atoms with E-state index in [4.69, 9.17) is 0 Å². The topological polar surface area (TPSA) is 56.9 Å². The minimum Gasteiger partial charge on any atom is -0.267 e. The molecule has 0 spiro atoms. The molecule has 0 fully saturated rings. The van der Waals surface area contributed by atoms with Crippen LogP contribution in [0.4, 0.5) is 0 Å². The minimum atomic E-state index is -0.364. The van der Waals surface area contributed by atoms with Gasteiger partial charge in [0.1, 0.15) is 5.69 Å². The van der Waals surface area contributed by atoms with Gasteiger partial charge in [-0.15, -0.1) is 0 Å². The maximum Gasteiger partial charge on any atom is 0.347 e. The summed E-state index contributed by atoms with van der Waals surface area (Å²) in [6.07, 6.45) is 0. The number of benzene rings is 1. The van der Waals surface area contributed by atoms with Crippen molar-refractivity contribution in [1.29, 1.82) is 0 Å². The van der Waals surface area contributed by atoms with E-state index in [-0.39, 0.29) is 17.8 Å². The molecule has 0 unspecified atom stereocenters. The second-order valence-electron chi connectivity index (χ2n) is 4.06. The molecular formula is C13H15N3O2. The third kappa shape index (κ3) is 2.25. The van der Waals surface area contributed by atoms with Gasteiger partial charge in [0.2, 0.25) is 0 Å². The maximum atomic E-state index is 12.0. The van der Waals surface area contributed by atoms with Gasteiger partial charge in [-0.05, 0) is 19.4 Å². The quantitative estimate of drug-likeness (QED) is 0.803. The van der Waals surface area contributed by atoms with E-state index in [0.717, 1.165) is 5.56 Å². The Balaban J connectivity index is 2.54. The highest BCUT2D eigenvalue weighted by molar-refractivity contribution is 5.15. The maximum absolute atomic E-state index is 12.0. The third-order valence-corrected chi connectivity index (χ3v) is 2.76. The zero-order chi connectivity index (χ0) is 13.1. The number of hydrogen-bond donors (Lipinski definition) is 0. The van der Waals surface area contributed by atoms with E-state index in [1.165, 1.54) is 9.25 Å². The second-order valence-corrected chi connectivity index (χ2v) is 4.06. The number of hydrogen-bond acceptors (Lipinski definition) is 3. The first-order valence-electron chi connectivity index (χ1n) is 5.86. The first kappa shape index (κ1) is 12.3. The molecule has 2 rings (SSSR count). The van der Waals surface area contributed by atoms with Gasteiger partial charge in [-0.1, -0.05) is 30.3 Å². The lowest BCUT2D eigenvalue weighted by Gasteiger charge is -2.09. The van der Waals surface area contributed by atoms with Crippen molar-refractivity contribution < 1.29 is 0 Å². The third-order valence-electron chi connectivity index (χ3n) is 2.76. The molecule has 0 atom stereocenters. The van der Waals surface area contributed by atoms with Crippen LogP contribution in [0.1, 0.15) is 18.2 Å².